The summed E-state index contributed by atoms with van der Waals surface area (Å²) >= 11 is 0. The van der Waals surface area contributed by atoms with Crippen LogP contribution < -0.4 is 0 Å². The van der Waals surface area contributed by atoms with E-state index < -0.39 is 23.7 Å². The molecule has 1 aromatic carbocycles. The summed E-state index contributed by atoms with van der Waals surface area (Å²) in [5.41, 5.74) is 0.859. The Balaban J connectivity index is 2.28. The van der Waals surface area contributed by atoms with E-state index >= 15 is 0 Å². The van der Waals surface area contributed by atoms with Crippen LogP contribution in [0, 0.1) is 12.7 Å². The lowest BCUT2D eigenvalue weighted by molar-refractivity contribution is -0.143. The summed E-state index contributed by atoms with van der Waals surface area (Å²) in [6.07, 6.45) is 2.03. The number of carbonyl (C=O) groups is 2. The second-order valence-corrected chi connectivity index (χ2v) is 4.87. The van der Waals surface area contributed by atoms with Gasteiger partial charge in [-0.05, 0) is 49.9 Å². The van der Waals surface area contributed by atoms with Crippen LogP contribution in [0.2, 0.25) is 0 Å². The molecule has 0 aromatic heterocycles. The highest BCUT2D eigenvalue weighted by molar-refractivity contribution is 5.96. The monoisotopic (exact) mass is 265 g/mol. The summed E-state index contributed by atoms with van der Waals surface area (Å²) in [4.78, 5) is 24.8. The molecular formula is C14H16FNO3. The predicted octanol–water partition coefficient (Wildman–Crippen LogP) is 2.21. The van der Waals surface area contributed by atoms with Crippen molar-refractivity contribution in [2.24, 2.45) is 0 Å². The van der Waals surface area contributed by atoms with Crippen LogP contribution in [0.25, 0.3) is 0 Å². The van der Waals surface area contributed by atoms with Crippen LogP contribution in [-0.4, -0.2) is 34.5 Å². The molecule has 1 amide bonds. The number of piperidine rings is 1. The fourth-order valence-corrected chi connectivity index (χ4v) is 2.46. The van der Waals surface area contributed by atoms with Crippen molar-refractivity contribution in [2.75, 3.05) is 6.54 Å². The molecule has 1 aliphatic rings. The minimum Gasteiger partial charge on any atom is -0.480 e. The number of carbonyl (C=O) groups excluding carboxylic acids is 1. The van der Waals surface area contributed by atoms with E-state index in [1.807, 2.05) is 0 Å². The van der Waals surface area contributed by atoms with Crippen LogP contribution in [0.4, 0.5) is 4.39 Å². The third kappa shape index (κ3) is 2.92. The zero-order valence-corrected chi connectivity index (χ0v) is 10.7. The van der Waals surface area contributed by atoms with E-state index in [1.165, 1.54) is 11.0 Å². The van der Waals surface area contributed by atoms with Gasteiger partial charge in [-0.1, -0.05) is 0 Å². The molecule has 0 aliphatic carbocycles. The largest absolute Gasteiger partial charge is 0.480 e. The highest BCUT2D eigenvalue weighted by atomic mass is 19.1. The van der Waals surface area contributed by atoms with Gasteiger partial charge in [0.1, 0.15) is 11.9 Å². The molecule has 0 saturated carbocycles. The number of benzene rings is 1. The first-order chi connectivity index (χ1) is 8.99. The van der Waals surface area contributed by atoms with Gasteiger partial charge in [0.05, 0.1) is 0 Å². The standard InChI is InChI=1S/C14H16FNO3/c1-9-6-10(8-11(15)7-9)13(17)16-5-3-2-4-12(16)14(18)19/h6-8,12H,2-5H2,1H3,(H,18,19). The third-order valence-electron chi connectivity index (χ3n) is 3.34. The van der Waals surface area contributed by atoms with Gasteiger partial charge >= 0.3 is 5.97 Å². The molecule has 0 radical (unpaired) electrons. The van der Waals surface area contributed by atoms with Crippen molar-refractivity contribution < 1.29 is 19.1 Å². The molecule has 1 aliphatic heterocycles. The Morgan fingerprint density at radius 2 is 2.05 bits per heavy atom. The number of hydrogen-bond donors (Lipinski definition) is 1. The van der Waals surface area contributed by atoms with Gasteiger partial charge in [0.25, 0.3) is 5.91 Å². The first kappa shape index (κ1) is 13.5. The van der Waals surface area contributed by atoms with Crippen molar-refractivity contribution in [3.05, 3.63) is 35.1 Å². The van der Waals surface area contributed by atoms with Crippen molar-refractivity contribution >= 4 is 11.9 Å². The number of aryl methyl sites for hydroxylation is 1. The van der Waals surface area contributed by atoms with Gasteiger partial charge in [0.2, 0.25) is 0 Å². The number of nitrogens with zero attached hydrogens (tertiary/aromatic N) is 1. The maximum atomic E-state index is 13.3. The van der Waals surface area contributed by atoms with Gasteiger partial charge in [-0.15, -0.1) is 0 Å². The van der Waals surface area contributed by atoms with Crippen LogP contribution in [-0.2, 0) is 4.79 Å². The second kappa shape index (κ2) is 5.38. The molecule has 1 heterocycles. The Bertz CT molecular complexity index is 495. The Morgan fingerprint density at radius 1 is 1.32 bits per heavy atom. The molecule has 4 nitrogen and oxygen atoms in total. The van der Waals surface area contributed by atoms with E-state index in [-0.39, 0.29) is 5.56 Å². The van der Waals surface area contributed by atoms with E-state index in [0.717, 1.165) is 18.9 Å². The highest BCUT2D eigenvalue weighted by Crippen LogP contribution is 2.21. The quantitative estimate of drug-likeness (QED) is 0.892. The SMILES string of the molecule is Cc1cc(F)cc(C(=O)N2CCCCC2C(=O)O)c1. The summed E-state index contributed by atoms with van der Waals surface area (Å²) in [5, 5.41) is 9.15. The molecule has 0 spiro atoms. The lowest BCUT2D eigenvalue weighted by atomic mass is 10.0. The molecule has 1 N–H and O–H groups in total. The highest BCUT2D eigenvalue weighted by Gasteiger charge is 2.32. The van der Waals surface area contributed by atoms with Gasteiger partial charge in [-0.25, -0.2) is 9.18 Å². The Hall–Kier alpha value is -1.91. The zero-order valence-electron chi connectivity index (χ0n) is 10.7. The Labute approximate surface area is 110 Å². The van der Waals surface area contributed by atoms with Crippen molar-refractivity contribution in [1.82, 2.24) is 4.90 Å². The number of carboxylic acids is 1. The maximum Gasteiger partial charge on any atom is 0.326 e. The van der Waals surface area contributed by atoms with Crippen LogP contribution in [0.1, 0.15) is 35.2 Å². The summed E-state index contributed by atoms with van der Waals surface area (Å²) in [6, 6.07) is 3.27. The van der Waals surface area contributed by atoms with Crippen molar-refractivity contribution in [3.63, 3.8) is 0 Å². The molecule has 1 atom stereocenters. The van der Waals surface area contributed by atoms with E-state index in [2.05, 4.69) is 0 Å². The van der Waals surface area contributed by atoms with Gasteiger partial charge in [-0.3, -0.25) is 4.79 Å². The smallest absolute Gasteiger partial charge is 0.326 e. The molecule has 19 heavy (non-hydrogen) atoms. The summed E-state index contributed by atoms with van der Waals surface area (Å²) in [7, 11) is 0. The molecule has 1 aromatic rings. The van der Waals surface area contributed by atoms with Crippen molar-refractivity contribution in [2.45, 2.75) is 32.2 Å². The van der Waals surface area contributed by atoms with Crippen molar-refractivity contribution in [1.29, 1.82) is 0 Å². The number of carboxylic acid groups (broad SMARTS) is 1. The second-order valence-electron chi connectivity index (χ2n) is 4.87. The van der Waals surface area contributed by atoms with Crippen LogP contribution in [0.3, 0.4) is 0 Å². The Kier molecular flexibility index (Phi) is 3.83. The zero-order chi connectivity index (χ0) is 14.0. The average molecular weight is 265 g/mol. The van der Waals surface area contributed by atoms with E-state index in [0.29, 0.717) is 18.5 Å². The molecular weight excluding hydrogens is 249 g/mol. The normalized spacial score (nSPS) is 19.3. The van der Waals surface area contributed by atoms with Gasteiger partial charge in [0, 0.05) is 12.1 Å². The van der Waals surface area contributed by atoms with Crippen molar-refractivity contribution in [3.8, 4) is 0 Å². The average Bonchev–Trinajstić information content (AvgIpc) is 2.36. The number of rotatable bonds is 2. The van der Waals surface area contributed by atoms with Gasteiger partial charge < -0.3 is 10.0 Å². The lowest BCUT2D eigenvalue weighted by Crippen LogP contribution is -2.48. The lowest BCUT2D eigenvalue weighted by Gasteiger charge is -2.33. The van der Waals surface area contributed by atoms with Crippen LogP contribution >= 0.6 is 0 Å². The van der Waals surface area contributed by atoms with Gasteiger partial charge in [-0.2, -0.15) is 0 Å². The van der Waals surface area contributed by atoms with Crippen LogP contribution in [0.15, 0.2) is 18.2 Å². The minimum absolute atomic E-state index is 0.214. The number of likely N-dealkylation sites (tertiary alicyclic amines) is 1. The molecule has 102 valence electrons. The fourth-order valence-electron chi connectivity index (χ4n) is 2.46. The van der Waals surface area contributed by atoms with E-state index in [1.54, 1.807) is 13.0 Å². The number of amides is 1. The number of aliphatic carboxylic acids is 1. The minimum atomic E-state index is -0.999. The molecule has 5 heteroatoms. The maximum absolute atomic E-state index is 13.3. The summed E-state index contributed by atoms with van der Waals surface area (Å²) in [6.45, 7) is 2.11. The summed E-state index contributed by atoms with van der Waals surface area (Å²) < 4.78 is 13.3. The molecule has 1 saturated heterocycles. The Morgan fingerprint density at radius 3 is 2.68 bits per heavy atom. The molecule has 1 unspecified atom stereocenters. The molecule has 1 fully saturated rings. The third-order valence-corrected chi connectivity index (χ3v) is 3.34. The first-order valence-electron chi connectivity index (χ1n) is 6.30. The number of halogens is 1. The van der Waals surface area contributed by atoms with E-state index in [4.69, 9.17) is 5.11 Å². The number of hydrogen-bond acceptors (Lipinski definition) is 2. The van der Waals surface area contributed by atoms with E-state index in [9.17, 15) is 14.0 Å². The molecule has 0 bridgehead atoms. The predicted molar refractivity (Wildman–Crippen MR) is 67.4 cm³/mol. The molecule has 2 rings (SSSR count). The topological polar surface area (TPSA) is 57.6 Å². The summed E-state index contributed by atoms with van der Waals surface area (Å²) in [5.74, 6) is -1.89. The fraction of sp³-hybridized carbons (Fsp3) is 0.429. The van der Waals surface area contributed by atoms with Gasteiger partial charge in [0.15, 0.2) is 0 Å². The van der Waals surface area contributed by atoms with Crippen LogP contribution in [0.5, 0.6) is 0 Å². The first-order valence-corrected chi connectivity index (χ1v) is 6.30.